The van der Waals surface area contributed by atoms with Crippen molar-refractivity contribution in [2.24, 2.45) is 0 Å². The van der Waals surface area contributed by atoms with Crippen molar-refractivity contribution in [3.63, 3.8) is 0 Å². The summed E-state index contributed by atoms with van der Waals surface area (Å²) in [4.78, 5) is 25.7. The van der Waals surface area contributed by atoms with Gasteiger partial charge in [-0.05, 0) is 48.3 Å². The molecule has 0 bridgehead atoms. The van der Waals surface area contributed by atoms with Crippen LogP contribution in [-0.4, -0.2) is 51.3 Å². The molecule has 194 valence electrons. The summed E-state index contributed by atoms with van der Waals surface area (Å²) >= 11 is 0. The van der Waals surface area contributed by atoms with Gasteiger partial charge in [-0.3, -0.25) is 9.78 Å². The van der Waals surface area contributed by atoms with E-state index in [2.05, 4.69) is 56.7 Å². The van der Waals surface area contributed by atoms with Crippen molar-refractivity contribution < 1.29 is 4.79 Å². The molecule has 38 heavy (non-hydrogen) atoms. The van der Waals surface area contributed by atoms with Crippen LogP contribution in [-0.2, 0) is 16.8 Å². The minimum absolute atomic E-state index is 0.197. The van der Waals surface area contributed by atoms with Gasteiger partial charge in [0.1, 0.15) is 13.7 Å². The van der Waals surface area contributed by atoms with Crippen LogP contribution in [0.3, 0.4) is 0 Å². The quantitative estimate of drug-likeness (QED) is 0.405. The molecule has 0 spiro atoms. The largest absolute Gasteiger partial charge is 0.366 e. The molecule has 1 amide bonds. The van der Waals surface area contributed by atoms with E-state index in [1.54, 1.807) is 6.20 Å². The molecule has 1 aromatic carbocycles. The number of nitrogens with zero attached hydrogens (tertiary/aromatic N) is 5. The van der Waals surface area contributed by atoms with Gasteiger partial charge in [0.2, 0.25) is 5.91 Å². The first-order chi connectivity index (χ1) is 18.6. The van der Waals surface area contributed by atoms with Crippen LogP contribution in [0.2, 0.25) is 0 Å². The monoisotopic (exact) mass is 506 g/mol. The van der Waals surface area contributed by atoms with Crippen LogP contribution < -0.4 is 10.8 Å². The summed E-state index contributed by atoms with van der Waals surface area (Å²) in [6, 6.07) is 16.6. The number of hydrogen-bond acceptors (Lipinski definition) is 5. The molecule has 1 atom stereocenters. The molecule has 1 unspecified atom stereocenters. The highest BCUT2D eigenvalue weighted by atomic mass is 16.2. The lowest BCUT2D eigenvalue weighted by molar-refractivity contribution is -0.140. The molecule has 0 radical (unpaired) electrons. The Labute approximate surface area is 225 Å². The van der Waals surface area contributed by atoms with Crippen LogP contribution in [0.4, 0.5) is 5.82 Å². The third-order valence-corrected chi connectivity index (χ3v) is 8.43. The van der Waals surface area contributed by atoms with Gasteiger partial charge in [-0.15, -0.1) is 0 Å². The lowest BCUT2D eigenvalue weighted by Gasteiger charge is -2.43. The summed E-state index contributed by atoms with van der Waals surface area (Å²) in [5.41, 5.74) is 4.85. The maximum atomic E-state index is 14.3. The predicted octanol–water partition coefficient (Wildman–Crippen LogP) is 3.60. The van der Waals surface area contributed by atoms with Gasteiger partial charge in [-0.25, -0.2) is 4.98 Å². The SMILES string of the molecule is Bc1cnn2c(NCc3cccnc3)cc(C3CCCN(C(=O)C4(c5ccccc5)CCCCC4)C3)nc12. The number of piperidine rings is 1. The van der Waals surface area contributed by atoms with Crippen molar-refractivity contribution >= 4 is 30.7 Å². The number of carbonyl (C=O) groups excluding carboxylic acids is 1. The molecule has 3 aromatic heterocycles. The molecule has 1 saturated heterocycles. The van der Waals surface area contributed by atoms with E-state index in [1.807, 2.05) is 36.9 Å². The molecule has 1 saturated carbocycles. The number of fused-ring (bicyclic) bond motifs is 1. The standard InChI is InChI=1S/C30H35BN6O/c31-25-20-34-37-27(33-19-22-9-7-15-32-18-22)17-26(35-28(25)37)23-10-8-16-36(21-23)29(38)30(13-5-2-6-14-30)24-11-3-1-4-12-24/h1,3-4,7,9,11-12,15,17-18,20,23,33H,2,5-6,8,10,13-14,16,19,21,31H2. The second-order valence-electron chi connectivity index (χ2n) is 10.9. The van der Waals surface area contributed by atoms with Crippen molar-refractivity contribution in [2.45, 2.75) is 62.8 Å². The number of rotatable bonds is 6. The minimum Gasteiger partial charge on any atom is -0.366 e. The number of nitrogens with one attached hydrogen (secondary N) is 1. The summed E-state index contributed by atoms with van der Waals surface area (Å²) in [5, 5.41) is 8.13. The first-order valence-electron chi connectivity index (χ1n) is 14.0. The summed E-state index contributed by atoms with van der Waals surface area (Å²) in [5.74, 6) is 1.42. The number of pyridine rings is 1. The Bertz CT molecular complexity index is 1400. The normalized spacial score (nSPS) is 19.4. The van der Waals surface area contributed by atoms with Crippen molar-refractivity contribution in [3.05, 3.63) is 83.9 Å². The molecule has 1 aliphatic carbocycles. The van der Waals surface area contributed by atoms with Gasteiger partial charge in [0.15, 0.2) is 5.65 Å². The van der Waals surface area contributed by atoms with Gasteiger partial charge in [0.25, 0.3) is 0 Å². The highest BCUT2D eigenvalue weighted by Gasteiger charge is 2.44. The molecule has 2 fully saturated rings. The van der Waals surface area contributed by atoms with Crippen LogP contribution in [0.15, 0.2) is 67.1 Å². The van der Waals surface area contributed by atoms with E-state index in [4.69, 9.17) is 4.98 Å². The third-order valence-electron chi connectivity index (χ3n) is 8.43. The lowest BCUT2D eigenvalue weighted by atomic mass is 9.68. The van der Waals surface area contributed by atoms with Gasteiger partial charge in [0, 0.05) is 50.2 Å². The number of aromatic nitrogens is 4. The Morgan fingerprint density at radius 2 is 1.89 bits per heavy atom. The predicted molar refractivity (Wildman–Crippen MR) is 152 cm³/mol. The first-order valence-corrected chi connectivity index (χ1v) is 14.0. The molecule has 6 rings (SSSR count). The topological polar surface area (TPSA) is 75.4 Å². The molecule has 4 heterocycles. The van der Waals surface area contributed by atoms with Crippen molar-refractivity contribution in [1.29, 1.82) is 0 Å². The second kappa shape index (κ2) is 10.6. The van der Waals surface area contributed by atoms with Gasteiger partial charge >= 0.3 is 0 Å². The van der Waals surface area contributed by atoms with Crippen molar-refractivity contribution in [3.8, 4) is 0 Å². The van der Waals surface area contributed by atoms with Gasteiger partial charge in [0.05, 0.1) is 11.1 Å². The van der Waals surface area contributed by atoms with Gasteiger partial charge in [-0.2, -0.15) is 9.61 Å². The van der Waals surface area contributed by atoms with Crippen LogP contribution in [0.25, 0.3) is 5.65 Å². The molecular weight excluding hydrogens is 471 g/mol. The van der Waals surface area contributed by atoms with Crippen LogP contribution in [0, 0.1) is 0 Å². The lowest BCUT2D eigenvalue weighted by Crippen LogP contribution is -2.51. The molecule has 7 nitrogen and oxygen atoms in total. The van der Waals surface area contributed by atoms with E-state index in [0.29, 0.717) is 19.0 Å². The Morgan fingerprint density at radius 1 is 1.05 bits per heavy atom. The maximum Gasteiger partial charge on any atom is 0.233 e. The summed E-state index contributed by atoms with van der Waals surface area (Å²) in [6.45, 7) is 2.19. The highest BCUT2D eigenvalue weighted by Crippen LogP contribution is 2.42. The Morgan fingerprint density at radius 3 is 2.68 bits per heavy atom. The zero-order valence-corrected chi connectivity index (χ0v) is 22.1. The van der Waals surface area contributed by atoms with E-state index < -0.39 is 5.41 Å². The van der Waals surface area contributed by atoms with Gasteiger partial charge < -0.3 is 10.2 Å². The summed E-state index contributed by atoms with van der Waals surface area (Å²) < 4.78 is 1.88. The fraction of sp³-hybridized carbons (Fsp3) is 0.400. The number of benzene rings is 1. The number of amides is 1. The zero-order chi connectivity index (χ0) is 26.0. The summed E-state index contributed by atoms with van der Waals surface area (Å²) in [7, 11) is 2.05. The smallest absolute Gasteiger partial charge is 0.233 e. The summed E-state index contributed by atoms with van der Waals surface area (Å²) in [6.07, 6.45) is 12.9. The molecule has 8 heteroatoms. The Kier molecular flexibility index (Phi) is 6.87. The maximum absolute atomic E-state index is 14.3. The van der Waals surface area contributed by atoms with Crippen molar-refractivity contribution in [1.82, 2.24) is 24.5 Å². The number of anilines is 1. The fourth-order valence-electron chi connectivity index (χ4n) is 6.37. The van der Waals surface area contributed by atoms with E-state index in [1.165, 1.54) is 12.0 Å². The van der Waals surface area contributed by atoms with E-state index in [9.17, 15) is 4.79 Å². The third kappa shape index (κ3) is 4.68. The fourth-order valence-corrected chi connectivity index (χ4v) is 6.37. The second-order valence-corrected chi connectivity index (χ2v) is 10.9. The highest BCUT2D eigenvalue weighted by molar-refractivity contribution is 6.36. The van der Waals surface area contributed by atoms with E-state index in [0.717, 1.165) is 73.3 Å². The van der Waals surface area contributed by atoms with E-state index >= 15 is 0 Å². The molecule has 1 N–H and O–H groups in total. The Balaban J connectivity index is 1.28. The number of carbonyl (C=O) groups is 1. The Hall–Kier alpha value is -3.68. The minimum atomic E-state index is -0.392. The van der Waals surface area contributed by atoms with Crippen LogP contribution in [0.5, 0.6) is 0 Å². The van der Waals surface area contributed by atoms with Crippen LogP contribution >= 0.6 is 0 Å². The number of likely N-dealkylation sites (tertiary alicyclic amines) is 1. The molecule has 2 aliphatic rings. The molecular formula is C30H35BN6O. The van der Waals surface area contributed by atoms with Crippen molar-refractivity contribution in [2.75, 3.05) is 18.4 Å². The first kappa shape index (κ1) is 24.6. The molecule has 1 aliphatic heterocycles. The molecule has 4 aromatic rings. The van der Waals surface area contributed by atoms with Crippen LogP contribution in [0.1, 0.15) is 67.7 Å². The van der Waals surface area contributed by atoms with Gasteiger partial charge in [-0.1, -0.05) is 55.7 Å². The average molecular weight is 506 g/mol. The zero-order valence-electron chi connectivity index (χ0n) is 22.1. The average Bonchev–Trinajstić information content (AvgIpc) is 3.37. The number of hydrogen-bond donors (Lipinski definition) is 1. The van der Waals surface area contributed by atoms with E-state index in [-0.39, 0.29) is 5.92 Å².